The first-order valence-electron chi connectivity index (χ1n) is 6.58. The van der Waals surface area contributed by atoms with Gasteiger partial charge in [-0.25, -0.2) is 0 Å². The summed E-state index contributed by atoms with van der Waals surface area (Å²) >= 11 is 0. The summed E-state index contributed by atoms with van der Waals surface area (Å²) in [6.45, 7) is 9.02. The topological polar surface area (TPSA) is 48.3 Å². The molecule has 0 fully saturated rings. The van der Waals surface area contributed by atoms with E-state index in [4.69, 9.17) is 9.47 Å². The predicted octanol–water partition coefficient (Wildman–Crippen LogP) is 1.35. The van der Waals surface area contributed by atoms with Crippen molar-refractivity contribution < 1.29 is 9.47 Å². The summed E-state index contributed by atoms with van der Waals surface area (Å²) in [5.41, 5.74) is 2.35. The zero-order valence-electron chi connectivity index (χ0n) is 11.7. The molecule has 0 aliphatic heterocycles. The standard InChI is InChI=1S/C13H25N3O2/c1-4-18-8-5-7-16-11-13(12(2)15-16)10-14-6-9-17-3/h11,14H,4-10H2,1-3H3. The van der Waals surface area contributed by atoms with Crippen LogP contribution in [0.15, 0.2) is 6.20 Å². The van der Waals surface area contributed by atoms with Crippen LogP contribution in [0.3, 0.4) is 0 Å². The second kappa shape index (κ2) is 9.08. The molecular formula is C13H25N3O2. The molecular weight excluding hydrogens is 230 g/mol. The molecule has 0 aliphatic carbocycles. The van der Waals surface area contributed by atoms with Gasteiger partial charge in [-0.05, 0) is 20.3 Å². The maximum Gasteiger partial charge on any atom is 0.0638 e. The molecule has 18 heavy (non-hydrogen) atoms. The summed E-state index contributed by atoms with van der Waals surface area (Å²) in [6, 6.07) is 0. The van der Waals surface area contributed by atoms with Crippen LogP contribution < -0.4 is 5.32 Å². The van der Waals surface area contributed by atoms with Gasteiger partial charge in [0.1, 0.15) is 0 Å². The number of ether oxygens (including phenoxy) is 2. The van der Waals surface area contributed by atoms with Crippen molar-refractivity contribution in [3.8, 4) is 0 Å². The quantitative estimate of drug-likeness (QED) is 0.641. The van der Waals surface area contributed by atoms with Crippen molar-refractivity contribution in [2.75, 3.05) is 33.5 Å². The van der Waals surface area contributed by atoms with Gasteiger partial charge in [-0.2, -0.15) is 5.10 Å². The fourth-order valence-corrected chi connectivity index (χ4v) is 1.72. The number of hydrogen-bond acceptors (Lipinski definition) is 4. The summed E-state index contributed by atoms with van der Waals surface area (Å²) in [4.78, 5) is 0. The van der Waals surface area contributed by atoms with E-state index in [2.05, 4.69) is 16.6 Å². The zero-order chi connectivity index (χ0) is 13.2. The molecule has 1 rings (SSSR count). The fourth-order valence-electron chi connectivity index (χ4n) is 1.72. The number of aryl methyl sites for hydroxylation is 2. The number of nitrogens with zero attached hydrogens (tertiary/aromatic N) is 2. The molecule has 0 radical (unpaired) electrons. The molecule has 104 valence electrons. The van der Waals surface area contributed by atoms with Crippen molar-refractivity contribution in [2.24, 2.45) is 0 Å². The van der Waals surface area contributed by atoms with Crippen LogP contribution in [-0.4, -0.2) is 43.3 Å². The van der Waals surface area contributed by atoms with Crippen molar-refractivity contribution >= 4 is 0 Å². The Hall–Kier alpha value is -0.910. The smallest absolute Gasteiger partial charge is 0.0638 e. The average Bonchev–Trinajstić information content (AvgIpc) is 2.71. The minimum atomic E-state index is 0.738. The molecule has 0 saturated heterocycles. The van der Waals surface area contributed by atoms with Gasteiger partial charge >= 0.3 is 0 Å². The van der Waals surface area contributed by atoms with Crippen molar-refractivity contribution in [2.45, 2.75) is 33.4 Å². The van der Waals surface area contributed by atoms with E-state index in [0.29, 0.717) is 0 Å². The van der Waals surface area contributed by atoms with Crippen LogP contribution in [-0.2, 0) is 22.6 Å². The highest BCUT2D eigenvalue weighted by Gasteiger charge is 2.04. The van der Waals surface area contributed by atoms with E-state index >= 15 is 0 Å². The van der Waals surface area contributed by atoms with Gasteiger partial charge < -0.3 is 14.8 Å². The molecule has 0 aromatic carbocycles. The molecule has 1 N–H and O–H groups in total. The van der Waals surface area contributed by atoms with Crippen molar-refractivity contribution in [1.29, 1.82) is 0 Å². The van der Waals surface area contributed by atoms with Gasteiger partial charge in [0, 0.05) is 51.7 Å². The van der Waals surface area contributed by atoms with Gasteiger partial charge in [0.2, 0.25) is 0 Å². The molecule has 0 bridgehead atoms. The average molecular weight is 255 g/mol. The van der Waals surface area contributed by atoms with Crippen LogP contribution in [0.4, 0.5) is 0 Å². The Morgan fingerprint density at radius 1 is 1.39 bits per heavy atom. The van der Waals surface area contributed by atoms with Crippen LogP contribution >= 0.6 is 0 Å². The minimum absolute atomic E-state index is 0.738. The molecule has 1 aromatic heterocycles. The lowest BCUT2D eigenvalue weighted by molar-refractivity contribution is 0.140. The Morgan fingerprint density at radius 2 is 2.22 bits per heavy atom. The predicted molar refractivity (Wildman–Crippen MR) is 71.7 cm³/mol. The highest BCUT2D eigenvalue weighted by molar-refractivity contribution is 5.14. The molecule has 0 spiro atoms. The van der Waals surface area contributed by atoms with Gasteiger partial charge in [0.25, 0.3) is 0 Å². The van der Waals surface area contributed by atoms with Crippen LogP contribution in [0.25, 0.3) is 0 Å². The van der Waals surface area contributed by atoms with E-state index in [0.717, 1.165) is 51.6 Å². The van der Waals surface area contributed by atoms with E-state index in [1.165, 1.54) is 5.56 Å². The Morgan fingerprint density at radius 3 is 2.94 bits per heavy atom. The Kier molecular flexibility index (Phi) is 7.64. The minimum Gasteiger partial charge on any atom is -0.383 e. The Labute approximate surface area is 109 Å². The maximum atomic E-state index is 5.32. The zero-order valence-corrected chi connectivity index (χ0v) is 11.7. The van der Waals surface area contributed by atoms with E-state index in [-0.39, 0.29) is 0 Å². The highest BCUT2D eigenvalue weighted by Crippen LogP contribution is 2.05. The van der Waals surface area contributed by atoms with Crippen LogP contribution in [0.5, 0.6) is 0 Å². The lowest BCUT2D eigenvalue weighted by atomic mass is 10.2. The summed E-state index contributed by atoms with van der Waals surface area (Å²) in [6.07, 6.45) is 3.12. The van der Waals surface area contributed by atoms with E-state index < -0.39 is 0 Å². The lowest BCUT2D eigenvalue weighted by Crippen LogP contribution is -2.18. The van der Waals surface area contributed by atoms with Crippen molar-refractivity contribution in [3.05, 3.63) is 17.5 Å². The van der Waals surface area contributed by atoms with Crippen LogP contribution in [0.1, 0.15) is 24.6 Å². The summed E-state index contributed by atoms with van der Waals surface area (Å²) in [5, 5.41) is 7.83. The molecule has 5 heteroatoms. The van der Waals surface area contributed by atoms with Crippen molar-refractivity contribution in [1.82, 2.24) is 15.1 Å². The highest BCUT2D eigenvalue weighted by atomic mass is 16.5. The molecule has 1 heterocycles. The van der Waals surface area contributed by atoms with E-state index in [1.54, 1.807) is 7.11 Å². The van der Waals surface area contributed by atoms with E-state index in [1.807, 2.05) is 18.5 Å². The third kappa shape index (κ3) is 5.62. The second-order valence-corrected chi connectivity index (χ2v) is 4.22. The van der Waals surface area contributed by atoms with Gasteiger partial charge in [-0.15, -0.1) is 0 Å². The SMILES string of the molecule is CCOCCCn1cc(CNCCOC)c(C)n1. The number of hydrogen-bond donors (Lipinski definition) is 1. The first kappa shape index (κ1) is 15.1. The first-order valence-corrected chi connectivity index (χ1v) is 6.58. The molecule has 0 unspecified atom stereocenters. The fraction of sp³-hybridized carbons (Fsp3) is 0.769. The van der Waals surface area contributed by atoms with Crippen LogP contribution in [0.2, 0.25) is 0 Å². The molecule has 0 aliphatic rings. The maximum absolute atomic E-state index is 5.32. The molecule has 0 atom stereocenters. The summed E-state index contributed by atoms with van der Waals surface area (Å²) in [5.74, 6) is 0. The number of rotatable bonds is 10. The number of nitrogens with one attached hydrogen (secondary N) is 1. The lowest BCUT2D eigenvalue weighted by Gasteiger charge is -2.02. The largest absolute Gasteiger partial charge is 0.383 e. The second-order valence-electron chi connectivity index (χ2n) is 4.22. The number of methoxy groups -OCH3 is 1. The van der Waals surface area contributed by atoms with Gasteiger partial charge in [-0.3, -0.25) is 4.68 Å². The van der Waals surface area contributed by atoms with E-state index in [9.17, 15) is 0 Å². The first-order chi connectivity index (χ1) is 8.77. The number of aromatic nitrogens is 2. The third-order valence-electron chi connectivity index (χ3n) is 2.73. The summed E-state index contributed by atoms with van der Waals surface area (Å²) < 4.78 is 12.3. The monoisotopic (exact) mass is 255 g/mol. The van der Waals surface area contributed by atoms with Crippen molar-refractivity contribution in [3.63, 3.8) is 0 Å². The molecule has 0 saturated carbocycles. The van der Waals surface area contributed by atoms with Gasteiger partial charge in [-0.1, -0.05) is 0 Å². The van der Waals surface area contributed by atoms with Gasteiger partial charge in [0.05, 0.1) is 12.3 Å². The Balaban J connectivity index is 2.29. The normalized spacial score (nSPS) is 11.1. The van der Waals surface area contributed by atoms with Gasteiger partial charge in [0.15, 0.2) is 0 Å². The molecule has 5 nitrogen and oxygen atoms in total. The third-order valence-corrected chi connectivity index (χ3v) is 2.73. The molecule has 1 aromatic rings. The van der Waals surface area contributed by atoms with Crippen LogP contribution in [0, 0.1) is 6.92 Å². The summed E-state index contributed by atoms with van der Waals surface area (Å²) in [7, 11) is 1.71. The molecule has 0 amide bonds. The Bertz CT molecular complexity index is 326.